The van der Waals surface area contributed by atoms with E-state index in [4.69, 9.17) is 30.9 Å². The van der Waals surface area contributed by atoms with Crippen LogP contribution in [0.1, 0.15) is 22.3 Å². The van der Waals surface area contributed by atoms with Crippen molar-refractivity contribution in [2.24, 2.45) is 0 Å². The van der Waals surface area contributed by atoms with Gasteiger partial charge in [-0.1, -0.05) is 47.7 Å². The number of aliphatic carboxylic acids is 1. The summed E-state index contributed by atoms with van der Waals surface area (Å²) < 4.78 is 16.7. The molecular weight excluding hydrogens is 525 g/mol. The van der Waals surface area contributed by atoms with E-state index in [1.54, 1.807) is 12.1 Å². The van der Waals surface area contributed by atoms with E-state index in [1.165, 1.54) is 0 Å². The normalized spacial score (nSPS) is 13.5. The van der Waals surface area contributed by atoms with Crippen LogP contribution in [0.4, 0.5) is 0 Å². The minimum atomic E-state index is -1.02. The third-order valence-electron chi connectivity index (χ3n) is 6.03. The number of morpholine rings is 1. The van der Waals surface area contributed by atoms with Crippen LogP contribution in [0.5, 0.6) is 11.5 Å². The van der Waals surface area contributed by atoms with Gasteiger partial charge in [0.05, 0.1) is 19.8 Å². The van der Waals surface area contributed by atoms with E-state index in [0.717, 1.165) is 60.7 Å². The Morgan fingerprint density at radius 1 is 1.03 bits per heavy atom. The van der Waals surface area contributed by atoms with E-state index >= 15 is 0 Å². The predicted molar refractivity (Wildman–Crippen MR) is 156 cm³/mol. The fourth-order valence-electron chi connectivity index (χ4n) is 4.01. The molecule has 1 N–H and O–H groups in total. The summed E-state index contributed by atoms with van der Waals surface area (Å²) in [6.45, 7) is 5.94. The first-order valence-electron chi connectivity index (χ1n) is 12.4. The van der Waals surface area contributed by atoms with E-state index in [1.807, 2.05) is 55.5 Å². The zero-order chi connectivity index (χ0) is 26.7. The maximum absolute atomic E-state index is 10.8. The number of carboxylic acid groups (broad SMARTS) is 1. The third kappa shape index (κ3) is 9.74. The molecule has 3 aromatic carbocycles. The number of carbonyl (C=O) groups is 1. The number of halogens is 1. The van der Waals surface area contributed by atoms with Crippen LogP contribution in [0.25, 0.3) is 5.57 Å². The van der Waals surface area contributed by atoms with E-state index in [2.05, 4.69) is 28.9 Å². The van der Waals surface area contributed by atoms with Gasteiger partial charge in [0.1, 0.15) is 18.1 Å². The van der Waals surface area contributed by atoms with Crippen molar-refractivity contribution in [2.45, 2.75) is 6.92 Å². The second kappa shape index (κ2) is 15.7. The van der Waals surface area contributed by atoms with Crippen molar-refractivity contribution >= 4 is 52.7 Å². The van der Waals surface area contributed by atoms with Crippen molar-refractivity contribution in [3.8, 4) is 23.3 Å². The summed E-state index contributed by atoms with van der Waals surface area (Å²) in [7, 11) is 0. The van der Waals surface area contributed by atoms with Crippen LogP contribution < -0.4 is 9.47 Å². The van der Waals surface area contributed by atoms with Gasteiger partial charge in [0.2, 0.25) is 0 Å². The molecule has 198 valence electrons. The first-order chi connectivity index (χ1) is 18.5. The first kappa shape index (κ1) is 30.8. The number of hydrogen-bond donors (Lipinski definition) is 1. The second-order valence-corrected chi connectivity index (χ2v) is 9.25. The van der Waals surface area contributed by atoms with Gasteiger partial charge in [-0.2, -0.15) is 0 Å². The molecular formula is C31H31ClNNaO5. The Morgan fingerprint density at radius 3 is 2.33 bits per heavy atom. The Kier molecular flexibility index (Phi) is 12.4. The molecule has 0 saturated carbocycles. The Hall–Kier alpha value is -2.76. The molecule has 0 atom stereocenters. The van der Waals surface area contributed by atoms with Crippen LogP contribution in [0.3, 0.4) is 0 Å². The number of hydrogen-bond acceptors (Lipinski definition) is 5. The van der Waals surface area contributed by atoms with Crippen molar-refractivity contribution in [1.29, 1.82) is 0 Å². The summed E-state index contributed by atoms with van der Waals surface area (Å²) in [6, 6.07) is 21.2. The van der Waals surface area contributed by atoms with Gasteiger partial charge in [-0.15, -0.1) is 0 Å². The Morgan fingerprint density at radius 2 is 1.69 bits per heavy atom. The fraction of sp³-hybridized carbons (Fsp3) is 0.258. The van der Waals surface area contributed by atoms with Gasteiger partial charge < -0.3 is 19.3 Å². The molecule has 0 aliphatic carbocycles. The van der Waals surface area contributed by atoms with Crippen molar-refractivity contribution in [2.75, 3.05) is 46.1 Å². The maximum atomic E-state index is 10.8. The number of ether oxygens (including phenoxy) is 3. The Bertz CT molecular complexity index is 1320. The predicted octanol–water partition coefficient (Wildman–Crippen LogP) is 4.66. The summed E-state index contributed by atoms with van der Waals surface area (Å²) in [5, 5.41) is 9.50. The van der Waals surface area contributed by atoms with Crippen LogP contribution in [0.2, 0.25) is 5.02 Å². The van der Waals surface area contributed by atoms with Gasteiger partial charge in [0.25, 0.3) is 0 Å². The Labute approximate surface area is 256 Å². The molecule has 0 unspecified atom stereocenters. The summed E-state index contributed by atoms with van der Waals surface area (Å²) >= 11 is 6.13. The molecule has 4 rings (SSSR count). The van der Waals surface area contributed by atoms with Gasteiger partial charge in [-0.3, -0.25) is 4.90 Å². The van der Waals surface area contributed by atoms with Gasteiger partial charge in [0.15, 0.2) is 6.61 Å². The molecule has 1 fully saturated rings. The number of benzene rings is 3. The molecule has 1 aliphatic heterocycles. The molecule has 0 spiro atoms. The number of rotatable bonds is 9. The van der Waals surface area contributed by atoms with Crippen molar-refractivity contribution in [1.82, 2.24) is 4.90 Å². The van der Waals surface area contributed by atoms with Crippen LogP contribution in [-0.2, 0) is 9.53 Å². The van der Waals surface area contributed by atoms with E-state index in [9.17, 15) is 4.79 Å². The van der Waals surface area contributed by atoms with Crippen LogP contribution in [-0.4, -0.2) is 91.6 Å². The van der Waals surface area contributed by atoms with Crippen molar-refractivity contribution in [3.63, 3.8) is 0 Å². The van der Waals surface area contributed by atoms with Crippen LogP contribution in [0.15, 0.2) is 72.8 Å². The molecule has 1 aliphatic rings. The van der Waals surface area contributed by atoms with E-state index < -0.39 is 5.97 Å². The van der Waals surface area contributed by atoms with Crippen LogP contribution in [0, 0.1) is 18.8 Å². The van der Waals surface area contributed by atoms with Gasteiger partial charge in [-0.25, -0.2) is 4.79 Å². The van der Waals surface area contributed by atoms with Crippen molar-refractivity contribution < 1.29 is 24.1 Å². The SMILES string of the molecule is Cc1cc(OC/C=C(/c2ccc(Cl)cc2)c2ccc(C#CCN3CCOCC3)cc2)ccc1OCC(=O)O.[NaH]. The molecule has 1 saturated heterocycles. The molecule has 3 aromatic rings. The molecule has 0 amide bonds. The monoisotopic (exact) mass is 555 g/mol. The van der Waals surface area contributed by atoms with E-state index in [-0.39, 0.29) is 36.2 Å². The molecule has 0 radical (unpaired) electrons. The van der Waals surface area contributed by atoms with Gasteiger partial charge >= 0.3 is 35.5 Å². The van der Waals surface area contributed by atoms with Gasteiger partial charge in [0, 0.05) is 23.7 Å². The molecule has 0 aromatic heterocycles. The quantitative estimate of drug-likeness (QED) is 0.306. The van der Waals surface area contributed by atoms with Gasteiger partial charge in [-0.05, 0) is 77.7 Å². The zero-order valence-corrected chi connectivity index (χ0v) is 22.0. The number of nitrogens with zero attached hydrogens (tertiary/aromatic N) is 1. The third-order valence-corrected chi connectivity index (χ3v) is 6.28. The summed E-state index contributed by atoms with van der Waals surface area (Å²) in [5.41, 5.74) is 4.86. The topological polar surface area (TPSA) is 68.2 Å². The average Bonchev–Trinajstić information content (AvgIpc) is 2.92. The number of carboxylic acids is 1. The zero-order valence-electron chi connectivity index (χ0n) is 21.3. The summed E-state index contributed by atoms with van der Waals surface area (Å²) in [6.07, 6.45) is 2.03. The molecule has 0 bridgehead atoms. The molecule has 1 heterocycles. The first-order valence-corrected chi connectivity index (χ1v) is 12.8. The summed E-state index contributed by atoms with van der Waals surface area (Å²) in [5.74, 6) is 6.70. The summed E-state index contributed by atoms with van der Waals surface area (Å²) in [4.78, 5) is 13.1. The molecule has 39 heavy (non-hydrogen) atoms. The van der Waals surface area contributed by atoms with Crippen LogP contribution >= 0.6 is 11.6 Å². The van der Waals surface area contributed by atoms with E-state index in [0.29, 0.717) is 23.1 Å². The molecule has 8 heteroatoms. The molecule has 6 nitrogen and oxygen atoms in total. The van der Waals surface area contributed by atoms with Crippen molar-refractivity contribution in [3.05, 3.63) is 100 Å². The standard InChI is InChI=1S/C31H30ClNO5.Na.H/c1-23-21-28(12-13-30(23)38-22-31(34)35)37-18-14-29(26-8-10-27(32)11-9-26)25-6-4-24(5-7-25)3-2-15-33-16-19-36-20-17-33;;/h4-14,21H,15-20,22H2,1H3,(H,34,35);;/b29-14+;;. The minimum absolute atomic E-state index is 0. The Balaban J connectivity index is 0.00000420. The average molecular weight is 556 g/mol. The second-order valence-electron chi connectivity index (χ2n) is 8.81. The number of aryl methyl sites for hydroxylation is 1. The fourth-order valence-corrected chi connectivity index (χ4v) is 4.14.